The van der Waals surface area contributed by atoms with Crippen molar-refractivity contribution in [3.05, 3.63) is 65.7 Å². The van der Waals surface area contributed by atoms with Crippen LogP contribution in [0, 0.1) is 5.92 Å². The first-order chi connectivity index (χ1) is 14.8. The fourth-order valence-electron chi connectivity index (χ4n) is 4.05. The third kappa shape index (κ3) is 4.26. The van der Waals surface area contributed by atoms with Gasteiger partial charge in [0.2, 0.25) is 11.8 Å². The molecule has 1 aliphatic heterocycles. The summed E-state index contributed by atoms with van der Waals surface area (Å²) in [6.07, 6.45) is 0.344. The minimum Gasteiger partial charge on any atom is -0.497 e. The Bertz CT molecular complexity index is 944. The predicted molar refractivity (Wildman–Crippen MR) is 115 cm³/mol. The molecule has 0 saturated carbocycles. The van der Waals surface area contributed by atoms with Crippen LogP contribution in [0.4, 0.5) is 0 Å². The van der Waals surface area contributed by atoms with E-state index in [-0.39, 0.29) is 18.4 Å². The van der Waals surface area contributed by atoms with E-state index in [9.17, 15) is 14.4 Å². The Morgan fingerprint density at radius 2 is 1.71 bits per heavy atom. The number of methoxy groups -OCH3 is 2. The molecule has 164 valence electrons. The van der Waals surface area contributed by atoms with E-state index in [0.717, 1.165) is 11.1 Å². The number of hydrogen-bond donors (Lipinski definition) is 1. The molecule has 2 aromatic carbocycles. The van der Waals surface area contributed by atoms with E-state index in [0.29, 0.717) is 12.2 Å². The smallest absolute Gasteiger partial charge is 0.328 e. The maximum absolute atomic E-state index is 13.5. The van der Waals surface area contributed by atoms with Crippen LogP contribution in [0.3, 0.4) is 0 Å². The number of β-lactam (4-membered cyclic amide) rings is 1. The van der Waals surface area contributed by atoms with E-state index in [4.69, 9.17) is 9.47 Å². The molecule has 2 aromatic rings. The van der Waals surface area contributed by atoms with E-state index in [1.807, 2.05) is 54.6 Å². The molecule has 1 N–H and O–H groups in total. The molecule has 1 aliphatic rings. The first-order valence-electron chi connectivity index (χ1n) is 10.2. The van der Waals surface area contributed by atoms with Gasteiger partial charge in [-0.05, 0) is 30.2 Å². The Morgan fingerprint density at radius 1 is 1.06 bits per heavy atom. The average Bonchev–Trinajstić information content (AvgIpc) is 2.81. The summed E-state index contributed by atoms with van der Waals surface area (Å²) in [6.45, 7) is 3.61. The van der Waals surface area contributed by atoms with Crippen LogP contribution < -0.4 is 10.1 Å². The number of carbonyl (C=O) groups excluding carboxylic acids is 3. The summed E-state index contributed by atoms with van der Waals surface area (Å²) in [7, 11) is 2.86. The van der Waals surface area contributed by atoms with Gasteiger partial charge < -0.3 is 19.7 Å². The SMILES string of the molecule is COC(=O)[C@H](C)NC(=O)[C@@]1(Cc2ccccc2)[C@@H](C)C(=O)N1Cc1ccc(OC)cc1. The van der Waals surface area contributed by atoms with Crippen molar-refractivity contribution in [2.75, 3.05) is 14.2 Å². The quantitative estimate of drug-likeness (QED) is 0.519. The summed E-state index contributed by atoms with van der Waals surface area (Å²) in [6, 6.07) is 16.1. The van der Waals surface area contributed by atoms with Crippen LogP contribution in [0.1, 0.15) is 25.0 Å². The Labute approximate surface area is 182 Å². The molecule has 0 unspecified atom stereocenters. The fourth-order valence-corrected chi connectivity index (χ4v) is 4.05. The lowest BCUT2D eigenvalue weighted by Gasteiger charge is -2.55. The van der Waals surface area contributed by atoms with Gasteiger partial charge in [0.25, 0.3) is 0 Å². The first kappa shape index (κ1) is 22.3. The maximum Gasteiger partial charge on any atom is 0.328 e. The lowest BCUT2D eigenvalue weighted by molar-refractivity contribution is -0.179. The van der Waals surface area contributed by atoms with Gasteiger partial charge in [-0.3, -0.25) is 9.59 Å². The van der Waals surface area contributed by atoms with E-state index in [2.05, 4.69) is 5.32 Å². The van der Waals surface area contributed by atoms with Gasteiger partial charge in [-0.15, -0.1) is 0 Å². The fraction of sp³-hybridized carbons (Fsp3) is 0.375. The third-order valence-corrected chi connectivity index (χ3v) is 5.95. The third-order valence-electron chi connectivity index (χ3n) is 5.95. The van der Waals surface area contributed by atoms with Crippen molar-refractivity contribution in [2.24, 2.45) is 5.92 Å². The summed E-state index contributed by atoms with van der Waals surface area (Å²) in [5, 5.41) is 2.75. The lowest BCUT2D eigenvalue weighted by atomic mass is 9.69. The summed E-state index contributed by atoms with van der Waals surface area (Å²) < 4.78 is 9.94. The maximum atomic E-state index is 13.5. The topological polar surface area (TPSA) is 84.9 Å². The molecule has 3 rings (SSSR count). The number of ether oxygens (including phenoxy) is 2. The molecule has 7 nitrogen and oxygen atoms in total. The number of likely N-dealkylation sites (tertiary alicyclic amines) is 1. The van der Waals surface area contributed by atoms with E-state index in [1.54, 1.807) is 25.9 Å². The number of hydrogen-bond acceptors (Lipinski definition) is 5. The molecule has 1 heterocycles. The zero-order chi connectivity index (χ0) is 22.6. The Hall–Kier alpha value is -3.35. The Balaban J connectivity index is 1.94. The summed E-state index contributed by atoms with van der Waals surface area (Å²) in [4.78, 5) is 39.9. The normalized spacial score (nSPS) is 21.1. The monoisotopic (exact) mass is 424 g/mol. The number of nitrogens with one attached hydrogen (secondary N) is 1. The van der Waals surface area contributed by atoms with Crippen molar-refractivity contribution in [1.82, 2.24) is 10.2 Å². The number of rotatable bonds is 8. The van der Waals surface area contributed by atoms with Crippen LogP contribution in [-0.4, -0.2) is 48.5 Å². The summed E-state index contributed by atoms with van der Waals surface area (Å²) in [5.74, 6) is -0.825. The molecular weight excluding hydrogens is 396 g/mol. The van der Waals surface area contributed by atoms with Crippen molar-refractivity contribution in [3.63, 3.8) is 0 Å². The molecule has 0 bridgehead atoms. The van der Waals surface area contributed by atoms with E-state index >= 15 is 0 Å². The largest absolute Gasteiger partial charge is 0.497 e. The number of esters is 1. The van der Waals surface area contributed by atoms with Gasteiger partial charge in [-0.2, -0.15) is 0 Å². The average molecular weight is 424 g/mol. The summed E-state index contributed by atoms with van der Waals surface area (Å²) >= 11 is 0. The van der Waals surface area contributed by atoms with Gasteiger partial charge in [-0.25, -0.2) is 4.79 Å². The molecule has 1 saturated heterocycles. The molecule has 0 spiro atoms. The van der Waals surface area contributed by atoms with Gasteiger partial charge >= 0.3 is 5.97 Å². The number of nitrogens with zero attached hydrogens (tertiary/aromatic N) is 1. The Kier molecular flexibility index (Phi) is 6.63. The Morgan fingerprint density at radius 3 is 2.29 bits per heavy atom. The van der Waals surface area contributed by atoms with Gasteiger partial charge in [0.1, 0.15) is 17.3 Å². The molecule has 7 heteroatoms. The van der Waals surface area contributed by atoms with Crippen LogP contribution in [0.2, 0.25) is 0 Å². The van der Waals surface area contributed by atoms with E-state index < -0.39 is 23.5 Å². The van der Waals surface area contributed by atoms with Crippen molar-refractivity contribution < 1.29 is 23.9 Å². The minimum absolute atomic E-state index is 0.104. The zero-order valence-electron chi connectivity index (χ0n) is 18.3. The highest BCUT2D eigenvalue weighted by Gasteiger charge is 2.62. The minimum atomic E-state index is -1.11. The zero-order valence-corrected chi connectivity index (χ0v) is 18.3. The van der Waals surface area contributed by atoms with Crippen LogP contribution in [0.25, 0.3) is 0 Å². The van der Waals surface area contributed by atoms with Crippen LogP contribution >= 0.6 is 0 Å². The van der Waals surface area contributed by atoms with Crippen LogP contribution in [-0.2, 0) is 32.1 Å². The first-order valence-corrected chi connectivity index (χ1v) is 10.2. The van der Waals surface area contributed by atoms with Gasteiger partial charge in [0, 0.05) is 13.0 Å². The molecule has 0 aromatic heterocycles. The lowest BCUT2D eigenvalue weighted by Crippen LogP contribution is -2.76. The molecule has 3 atom stereocenters. The van der Waals surface area contributed by atoms with Crippen molar-refractivity contribution in [3.8, 4) is 5.75 Å². The molecule has 0 aliphatic carbocycles. The highest BCUT2D eigenvalue weighted by molar-refractivity contribution is 6.04. The second-order valence-corrected chi connectivity index (χ2v) is 7.80. The molecule has 2 amide bonds. The van der Waals surface area contributed by atoms with Crippen LogP contribution in [0.5, 0.6) is 5.75 Å². The van der Waals surface area contributed by atoms with Crippen molar-refractivity contribution >= 4 is 17.8 Å². The molecule has 0 radical (unpaired) electrons. The van der Waals surface area contributed by atoms with Gasteiger partial charge in [0.05, 0.1) is 20.1 Å². The predicted octanol–water partition coefficient (Wildman–Crippen LogP) is 2.33. The highest BCUT2D eigenvalue weighted by atomic mass is 16.5. The van der Waals surface area contributed by atoms with Crippen molar-refractivity contribution in [2.45, 2.75) is 38.4 Å². The standard InChI is InChI=1S/C24H28N2O5/c1-16-21(27)26(15-19-10-12-20(30-3)13-11-19)24(16,14-18-8-6-5-7-9-18)23(29)25-17(2)22(28)31-4/h5-13,16-17H,14-15H2,1-4H3,(H,25,29)/t16-,17-,24+/m0/s1. The second-order valence-electron chi connectivity index (χ2n) is 7.80. The van der Waals surface area contributed by atoms with Crippen LogP contribution in [0.15, 0.2) is 54.6 Å². The summed E-state index contributed by atoms with van der Waals surface area (Å²) in [5.41, 5.74) is 0.704. The number of benzene rings is 2. The number of amides is 2. The molecule has 31 heavy (non-hydrogen) atoms. The molecular formula is C24H28N2O5. The molecule has 1 fully saturated rings. The number of carbonyl (C=O) groups is 3. The van der Waals surface area contributed by atoms with Crippen molar-refractivity contribution in [1.29, 1.82) is 0 Å². The van der Waals surface area contributed by atoms with Gasteiger partial charge in [-0.1, -0.05) is 49.4 Å². The van der Waals surface area contributed by atoms with Gasteiger partial charge in [0.15, 0.2) is 0 Å². The van der Waals surface area contributed by atoms with E-state index in [1.165, 1.54) is 7.11 Å². The second kappa shape index (κ2) is 9.20. The highest BCUT2D eigenvalue weighted by Crippen LogP contribution is 2.42.